The third-order valence-corrected chi connectivity index (χ3v) is 0.905. The van der Waals surface area contributed by atoms with Crippen LogP contribution >= 0.6 is 0 Å². The van der Waals surface area contributed by atoms with Crippen LogP contribution in [0, 0.1) is 12.3 Å². The Morgan fingerprint density at radius 2 is 2.57 bits per heavy atom. The lowest BCUT2D eigenvalue weighted by atomic mass is 10.2. The molecule has 0 unspecified atom stereocenters. The Kier molecular flexibility index (Phi) is 3.74. The van der Waals surface area contributed by atoms with Crippen LogP contribution < -0.4 is 0 Å². The van der Waals surface area contributed by atoms with Gasteiger partial charge in [-0.15, -0.1) is 12.3 Å². The number of terminal acetylenes is 1. The summed E-state index contributed by atoms with van der Waals surface area (Å²) in [4.78, 5) is 0. The topological polar surface area (TPSA) is 0 Å². The summed E-state index contributed by atoms with van der Waals surface area (Å²) in [5.74, 6) is 2.70. The van der Waals surface area contributed by atoms with E-state index in [1.165, 1.54) is 12.8 Å². The third kappa shape index (κ3) is 5.56. The molecule has 0 amide bonds. The molecule has 0 heteroatoms. The van der Waals surface area contributed by atoms with E-state index in [0.29, 0.717) is 0 Å². The van der Waals surface area contributed by atoms with Crippen LogP contribution in [-0.2, 0) is 0 Å². The largest absolute Gasteiger partial charge is 0.124 e. The van der Waals surface area contributed by atoms with Crippen LogP contribution in [0.3, 0.4) is 0 Å². The minimum atomic E-state index is 0.900. The van der Waals surface area contributed by atoms with E-state index in [0.717, 1.165) is 12.8 Å². The summed E-state index contributed by atoms with van der Waals surface area (Å²) >= 11 is 0. The van der Waals surface area contributed by atoms with Crippen molar-refractivity contribution >= 4 is 0 Å². The van der Waals surface area contributed by atoms with Gasteiger partial charge in [0, 0.05) is 6.42 Å². The summed E-state index contributed by atoms with van der Waals surface area (Å²) in [6, 6.07) is 0. The molecule has 0 spiro atoms. The van der Waals surface area contributed by atoms with E-state index in [4.69, 9.17) is 1.37 Å². The van der Waals surface area contributed by atoms with Gasteiger partial charge in [0.1, 0.15) is 1.37 Å². The molecule has 7 heavy (non-hydrogen) atoms. The van der Waals surface area contributed by atoms with E-state index in [-0.39, 0.29) is 0 Å². The van der Waals surface area contributed by atoms with Gasteiger partial charge in [0.25, 0.3) is 0 Å². The molecule has 0 nitrogen and oxygen atoms in total. The fourth-order valence-corrected chi connectivity index (χ4v) is 0.463. The Bertz CT molecular complexity index is 86.3. The molecule has 0 N–H and O–H groups in total. The van der Waals surface area contributed by atoms with Crippen molar-refractivity contribution in [2.24, 2.45) is 0 Å². The van der Waals surface area contributed by atoms with Crippen molar-refractivity contribution in [2.45, 2.75) is 32.6 Å². The van der Waals surface area contributed by atoms with E-state index < -0.39 is 0 Å². The standard InChI is InChI=1S/C7H12/c1-3-5-7-6-4-2/h1H,4-7H2,2H3/i1D. The van der Waals surface area contributed by atoms with Crippen molar-refractivity contribution in [3.8, 4) is 12.3 Å². The first-order valence-corrected chi connectivity index (χ1v) is 2.81. The Hall–Kier alpha value is -0.440. The van der Waals surface area contributed by atoms with Crippen molar-refractivity contribution in [2.75, 3.05) is 0 Å². The minimum Gasteiger partial charge on any atom is -0.120 e. The molecule has 0 atom stereocenters. The molecule has 0 fully saturated rings. The molecule has 0 saturated carbocycles. The van der Waals surface area contributed by atoms with E-state index in [1.807, 2.05) is 0 Å². The van der Waals surface area contributed by atoms with Crippen molar-refractivity contribution in [3.05, 3.63) is 0 Å². The summed E-state index contributed by atoms with van der Waals surface area (Å²) < 4.78 is 6.48. The van der Waals surface area contributed by atoms with Gasteiger partial charge in [-0.05, 0) is 6.42 Å². The molecule has 0 aromatic heterocycles. The summed E-state index contributed by atoms with van der Waals surface area (Å²) in [5.41, 5.74) is 0. The molecule has 0 aliphatic carbocycles. The van der Waals surface area contributed by atoms with Crippen molar-refractivity contribution in [3.63, 3.8) is 0 Å². The molecule has 0 heterocycles. The Balaban J connectivity index is 2.79. The molecule has 40 valence electrons. The Morgan fingerprint density at radius 1 is 1.71 bits per heavy atom. The van der Waals surface area contributed by atoms with Crippen LogP contribution in [0.5, 0.6) is 0 Å². The molecular weight excluding hydrogens is 84.1 g/mol. The minimum absolute atomic E-state index is 0.900. The van der Waals surface area contributed by atoms with Crippen LogP contribution in [0.4, 0.5) is 0 Å². The van der Waals surface area contributed by atoms with E-state index in [9.17, 15) is 0 Å². The van der Waals surface area contributed by atoms with Crippen LogP contribution in [0.1, 0.15) is 34.0 Å². The maximum absolute atomic E-state index is 6.48. The summed E-state index contributed by atoms with van der Waals surface area (Å²) in [6.07, 6.45) is 6.66. The second kappa shape index (κ2) is 5.56. The molecule has 0 saturated heterocycles. The lowest BCUT2D eigenvalue weighted by Crippen LogP contribution is -1.68. The molecule has 0 aromatic carbocycles. The predicted molar refractivity (Wildman–Crippen MR) is 33.0 cm³/mol. The zero-order valence-electron chi connectivity index (χ0n) is 5.83. The Labute approximate surface area is 47.3 Å². The van der Waals surface area contributed by atoms with E-state index in [1.54, 1.807) is 0 Å². The van der Waals surface area contributed by atoms with E-state index in [2.05, 4.69) is 19.2 Å². The quantitative estimate of drug-likeness (QED) is 0.374. The van der Waals surface area contributed by atoms with Gasteiger partial charge in [-0.3, -0.25) is 0 Å². The monoisotopic (exact) mass is 97.1 g/mol. The number of hydrogen-bond acceptors (Lipinski definition) is 0. The molecular formula is C7H12. The highest BCUT2D eigenvalue weighted by Crippen LogP contribution is 1.95. The zero-order valence-corrected chi connectivity index (χ0v) is 4.83. The molecule has 0 rings (SSSR count). The van der Waals surface area contributed by atoms with Gasteiger partial charge in [-0.1, -0.05) is 19.8 Å². The average molecular weight is 97.2 g/mol. The second-order valence-corrected chi connectivity index (χ2v) is 1.63. The summed E-state index contributed by atoms with van der Waals surface area (Å²) in [7, 11) is 0. The number of unbranched alkanes of at least 4 members (excludes halogenated alkanes) is 3. The van der Waals surface area contributed by atoms with Gasteiger partial charge < -0.3 is 0 Å². The molecule has 0 aromatic rings. The molecule has 0 aliphatic heterocycles. The first-order chi connectivity index (χ1) is 3.91. The molecule has 0 bridgehead atoms. The van der Waals surface area contributed by atoms with Gasteiger partial charge in [-0.2, -0.15) is 0 Å². The van der Waals surface area contributed by atoms with Crippen LogP contribution in [-0.4, -0.2) is 0 Å². The zero-order chi connectivity index (χ0) is 6.24. The average Bonchev–Trinajstić information content (AvgIpc) is 1.81. The highest BCUT2D eigenvalue weighted by molar-refractivity contribution is 4.82. The number of rotatable bonds is 3. The van der Waals surface area contributed by atoms with Gasteiger partial charge in [0.2, 0.25) is 0 Å². The van der Waals surface area contributed by atoms with Crippen molar-refractivity contribution in [1.29, 1.82) is 0 Å². The lowest BCUT2D eigenvalue weighted by molar-refractivity contribution is 0.737. The summed E-state index contributed by atoms with van der Waals surface area (Å²) in [6.45, 7) is 2.16. The van der Waals surface area contributed by atoms with Crippen molar-refractivity contribution in [1.82, 2.24) is 0 Å². The SMILES string of the molecule is [2H]C#CCCCCC. The first-order valence-electron chi connectivity index (χ1n) is 3.31. The van der Waals surface area contributed by atoms with Gasteiger partial charge in [-0.25, -0.2) is 0 Å². The van der Waals surface area contributed by atoms with Crippen molar-refractivity contribution < 1.29 is 1.37 Å². The highest BCUT2D eigenvalue weighted by atomic mass is 13.8. The third-order valence-electron chi connectivity index (χ3n) is 0.905. The fraction of sp³-hybridized carbons (Fsp3) is 0.714. The van der Waals surface area contributed by atoms with Crippen LogP contribution in [0.25, 0.3) is 0 Å². The van der Waals surface area contributed by atoms with Gasteiger partial charge in [0.05, 0.1) is 0 Å². The van der Waals surface area contributed by atoms with Gasteiger partial charge >= 0.3 is 0 Å². The fourth-order valence-electron chi connectivity index (χ4n) is 0.463. The first kappa shape index (κ1) is 4.71. The Morgan fingerprint density at radius 3 is 3.14 bits per heavy atom. The smallest absolute Gasteiger partial charge is 0.120 e. The maximum Gasteiger partial charge on any atom is 0.124 e. The molecule has 0 aliphatic rings. The normalized spacial score (nSPS) is 9.00. The maximum atomic E-state index is 6.48. The number of hydrogen-bond donors (Lipinski definition) is 0. The highest BCUT2D eigenvalue weighted by Gasteiger charge is 1.77. The van der Waals surface area contributed by atoms with E-state index >= 15 is 0 Å². The van der Waals surface area contributed by atoms with Gasteiger partial charge in [0.15, 0.2) is 0 Å². The predicted octanol–water partition coefficient (Wildman–Crippen LogP) is 2.20. The summed E-state index contributed by atoms with van der Waals surface area (Å²) in [5, 5.41) is 0. The second-order valence-electron chi connectivity index (χ2n) is 1.63. The molecule has 0 radical (unpaired) electrons. The van der Waals surface area contributed by atoms with Crippen LogP contribution in [0.2, 0.25) is 0 Å². The lowest BCUT2D eigenvalue weighted by Gasteiger charge is -1.86. The van der Waals surface area contributed by atoms with Crippen LogP contribution in [0.15, 0.2) is 0 Å².